The first-order chi connectivity index (χ1) is 17.0. The standard InChI is InChI=1S/C30H44O5/c1-6-7-8-9-10-11-12-13-21-33-26-19-15-18-25-27(26)35-30(31)29(32-5)28(25)34-22-20-24(4)17-14-16-23(2)3/h15-16,18-20H,6-14,17,21-22H2,1-5H3/b24-20+. The fraction of sp³-hybridized carbons (Fsp3) is 0.567. The molecule has 194 valence electrons. The number of rotatable bonds is 17. The highest BCUT2D eigenvalue weighted by Gasteiger charge is 2.19. The van der Waals surface area contributed by atoms with Crippen LogP contribution in [-0.2, 0) is 0 Å². The first kappa shape index (κ1) is 28.5. The average Bonchev–Trinajstić information content (AvgIpc) is 2.83. The van der Waals surface area contributed by atoms with Gasteiger partial charge in [-0.1, -0.05) is 75.2 Å². The lowest BCUT2D eigenvalue weighted by molar-refractivity contribution is 0.296. The highest BCUT2D eigenvalue weighted by molar-refractivity contribution is 5.89. The molecule has 35 heavy (non-hydrogen) atoms. The van der Waals surface area contributed by atoms with Crippen molar-refractivity contribution >= 4 is 11.0 Å². The van der Waals surface area contributed by atoms with E-state index >= 15 is 0 Å². The third kappa shape index (κ3) is 9.83. The lowest BCUT2D eigenvalue weighted by Crippen LogP contribution is -2.09. The molecular weight excluding hydrogens is 440 g/mol. The number of methoxy groups -OCH3 is 1. The van der Waals surface area contributed by atoms with E-state index in [4.69, 9.17) is 18.6 Å². The Balaban J connectivity index is 2.03. The predicted molar refractivity (Wildman–Crippen MR) is 145 cm³/mol. The molecule has 5 nitrogen and oxygen atoms in total. The minimum atomic E-state index is -0.567. The number of para-hydroxylation sites is 1. The van der Waals surface area contributed by atoms with E-state index in [0.717, 1.165) is 25.7 Å². The summed E-state index contributed by atoms with van der Waals surface area (Å²) in [6.45, 7) is 9.48. The van der Waals surface area contributed by atoms with Crippen LogP contribution < -0.4 is 19.8 Å². The molecule has 0 bridgehead atoms. The Bertz CT molecular complexity index is 1010. The smallest absolute Gasteiger partial charge is 0.383 e. The maximum atomic E-state index is 12.6. The number of hydrogen-bond donors (Lipinski definition) is 0. The molecule has 1 heterocycles. The van der Waals surface area contributed by atoms with Crippen LogP contribution in [0.5, 0.6) is 17.2 Å². The van der Waals surface area contributed by atoms with Crippen molar-refractivity contribution in [2.75, 3.05) is 20.3 Å². The molecule has 0 radical (unpaired) electrons. The third-order valence-electron chi connectivity index (χ3n) is 6.02. The minimum Gasteiger partial charge on any atom is -0.490 e. The quantitative estimate of drug-likeness (QED) is 0.128. The molecule has 0 aliphatic heterocycles. The van der Waals surface area contributed by atoms with Gasteiger partial charge in [-0.2, -0.15) is 0 Å². The first-order valence-electron chi connectivity index (χ1n) is 13.2. The lowest BCUT2D eigenvalue weighted by atomic mass is 10.1. The normalized spacial score (nSPS) is 11.5. The van der Waals surface area contributed by atoms with Gasteiger partial charge in [0.15, 0.2) is 17.1 Å². The van der Waals surface area contributed by atoms with Gasteiger partial charge in [0.1, 0.15) is 6.61 Å². The summed E-state index contributed by atoms with van der Waals surface area (Å²) < 4.78 is 23.0. The summed E-state index contributed by atoms with van der Waals surface area (Å²) in [5.74, 6) is 1.03. The van der Waals surface area contributed by atoms with Crippen molar-refractivity contribution in [3.63, 3.8) is 0 Å². The summed E-state index contributed by atoms with van der Waals surface area (Å²) in [6, 6.07) is 5.59. The molecule has 0 unspecified atom stereocenters. The zero-order valence-corrected chi connectivity index (χ0v) is 22.4. The predicted octanol–water partition coefficient (Wildman–Crippen LogP) is 8.39. The van der Waals surface area contributed by atoms with E-state index in [1.807, 2.05) is 24.3 Å². The van der Waals surface area contributed by atoms with Crippen molar-refractivity contribution in [2.24, 2.45) is 0 Å². The van der Waals surface area contributed by atoms with E-state index in [9.17, 15) is 4.79 Å². The van der Waals surface area contributed by atoms with Gasteiger partial charge in [-0.3, -0.25) is 0 Å². The fourth-order valence-corrected chi connectivity index (χ4v) is 3.96. The molecule has 0 spiro atoms. The molecule has 1 aromatic carbocycles. The molecule has 0 fully saturated rings. The summed E-state index contributed by atoms with van der Waals surface area (Å²) >= 11 is 0. The van der Waals surface area contributed by atoms with Crippen molar-refractivity contribution in [3.8, 4) is 17.2 Å². The van der Waals surface area contributed by atoms with Gasteiger partial charge < -0.3 is 18.6 Å². The summed E-state index contributed by atoms with van der Waals surface area (Å²) in [5, 5.41) is 0.672. The Labute approximate surface area is 211 Å². The van der Waals surface area contributed by atoms with E-state index < -0.39 is 5.63 Å². The van der Waals surface area contributed by atoms with Gasteiger partial charge in [-0.15, -0.1) is 0 Å². The molecule has 0 aliphatic carbocycles. The molecule has 0 atom stereocenters. The highest BCUT2D eigenvalue weighted by Crippen LogP contribution is 2.36. The molecule has 1 aromatic heterocycles. The second-order valence-electron chi connectivity index (χ2n) is 9.39. The van der Waals surface area contributed by atoms with Crippen LogP contribution in [0.4, 0.5) is 0 Å². The molecular formula is C30H44O5. The van der Waals surface area contributed by atoms with Gasteiger partial charge >= 0.3 is 5.63 Å². The van der Waals surface area contributed by atoms with Crippen molar-refractivity contribution in [2.45, 2.75) is 91.9 Å². The molecule has 2 aromatic rings. The van der Waals surface area contributed by atoms with Crippen LogP contribution in [0.1, 0.15) is 91.9 Å². The zero-order valence-electron chi connectivity index (χ0n) is 22.4. The van der Waals surface area contributed by atoms with E-state index in [2.05, 4.69) is 33.8 Å². The fourth-order valence-electron chi connectivity index (χ4n) is 3.96. The monoisotopic (exact) mass is 484 g/mol. The molecule has 0 amide bonds. The molecule has 5 heteroatoms. The second kappa shape index (κ2) is 16.1. The van der Waals surface area contributed by atoms with Crippen LogP contribution >= 0.6 is 0 Å². The SMILES string of the molecule is CCCCCCCCCCOc1cccc2c(OC/C=C(\C)CCC=C(C)C)c(OC)c(=O)oc12. The summed E-state index contributed by atoms with van der Waals surface area (Å²) in [7, 11) is 1.45. The Morgan fingerprint density at radius 2 is 1.63 bits per heavy atom. The van der Waals surface area contributed by atoms with Gasteiger partial charge in [0.25, 0.3) is 0 Å². The van der Waals surface area contributed by atoms with Crippen LogP contribution in [0.25, 0.3) is 11.0 Å². The second-order valence-corrected chi connectivity index (χ2v) is 9.39. The lowest BCUT2D eigenvalue weighted by Gasteiger charge is -2.13. The van der Waals surface area contributed by atoms with Crippen molar-refractivity contribution in [1.29, 1.82) is 0 Å². The van der Waals surface area contributed by atoms with Crippen molar-refractivity contribution < 1.29 is 18.6 Å². The van der Waals surface area contributed by atoms with Gasteiger partial charge in [-0.05, 0) is 58.2 Å². The number of fused-ring (bicyclic) bond motifs is 1. The highest BCUT2D eigenvalue weighted by atomic mass is 16.5. The number of benzene rings is 1. The van der Waals surface area contributed by atoms with Gasteiger partial charge in [-0.25, -0.2) is 4.79 Å². The van der Waals surface area contributed by atoms with E-state index in [0.29, 0.717) is 35.7 Å². The van der Waals surface area contributed by atoms with Crippen molar-refractivity contribution in [1.82, 2.24) is 0 Å². The molecule has 2 rings (SSSR count). The summed E-state index contributed by atoms with van der Waals surface area (Å²) in [6.07, 6.45) is 16.1. The molecule has 0 saturated heterocycles. The third-order valence-corrected chi connectivity index (χ3v) is 6.02. The average molecular weight is 485 g/mol. The van der Waals surface area contributed by atoms with Crippen LogP contribution in [0.3, 0.4) is 0 Å². The Morgan fingerprint density at radius 1 is 0.914 bits per heavy atom. The zero-order chi connectivity index (χ0) is 25.5. The summed E-state index contributed by atoms with van der Waals surface area (Å²) in [4.78, 5) is 12.6. The van der Waals surface area contributed by atoms with Gasteiger partial charge in [0.05, 0.1) is 19.1 Å². The van der Waals surface area contributed by atoms with Gasteiger partial charge in [0, 0.05) is 0 Å². The van der Waals surface area contributed by atoms with Crippen LogP contribution in [0, 0.1) is 0 Å². The minimum absolute atomic E-state index is 0.0771. The number of allylic oxidation sites excluding steroid dienone is 3. The number of unbranched alkanes of at least 4 members (excludes halogenated alkanes) is 7. The number of hydrogen-bond acceptors (Lipinski definition) is 5. The van der Waals surface area contributed by atoms with Crippen LogP contribution in [-0.4, -0.2) is 20.3 Å². The Morgan fingerprint density at radius 3 is 2.31 bits per heavy atom. The van der Waals surface area contributed by atoms with Crippen molar-refractivity contribution in [3.05, 3.63) is 51.9 Å². The first-order valence-corrected chi connectivity index (χ1v) is 13.2. The Kier molecular flexibility index (Phi) is 13.1. The Hall–Kier alpha value is -2.69. The molecule has 0 N–H and O–H groups in total. The topological polar surface area (TPSA) is 57.9 Å². The largest absolute Gasteiger partial charge is 0.490 e. The van der Waals surface area contributed by atoms with E-state index in [1.54, 1.807) is 0 Å². The molecule has 0 saturated carbocycles. The maximum absolute atomic E-state index is 12.6. The van der Waals surface area contributed by atoms with E-state index in [-0.39, 0.29) is 5.75 Å². The van der Waals surface area contributed by atoms with Crippen LogP contribution in [0.2, 0.25) is 0 Å². The maximum Gasteiger partial charge on any atom is 0.383 e. The van der Waals surface area contributed by atoms with E-state index in [1.165, 1.54) is 56.8 Å². The number of ether oxygens (including phenoxy) is 3. The summed E-state index contributed by atoms with van der Waals surface area (Å²) in [5.41, 5.74) is 2.39. The molecule has 0 aliphatic rings. The van der Waals surface area contributed by atoms with Crippen LogP contribution in [0.15, 0.2) is 50.7 Å². The van der Waals surface area contributed by atoms with Gasteiger partial charge in [0.2, 0.25) is 5.75 Å².